The molecule has 0 aliphatic carbocycles. The normalized spacial score (nSPS) is 18.3. The fourth-order valence-electron chi connectivity index (χ4n) is 1.26. The van der Waals surface area contributed by atoms with E-state index in [9.17, 15) is 0 Å². The molecule has 0 spiro atoms. The third-order valence-corrected chi connectivity index (χ3v) is 1.87. The van der Waals surface area contributed by atoms with Crippen LogP contribution in [0.2, 0.25) is 0 Å². The van der Waals surface area contributed by atoms with Crippen LogP contribution in [-0.2, 0) is 9.47 Å². The molecule has 1 aliphatic rings. The lowest BCUT2D eigenvalue weighted by molar-refractivity contribution is -0.0435. The quantitative estimate of drug-likeness (QED) is 0.638. The molecular weight excluding hydrogens is 154 g/mol. The predicted octanol–water partition coefficient (Wildman–Crippen LogP) is 1.31. The monoisotopic (exact) mass is 165 g/mol. The fraction of sp³-hybridized carbons (Fsp3) is 0.333. The second-order valence-electron chi connectivity index (χ2n) is 2.70. The summed E-state index contributed by atoms with van der Waals surface area (Å²) >= 11 is 0. The van der Waals surface area contributed by atoms with Crippen LogP contribution in [0.15, 0.2) is 24.3 Å². The van der Waals surface area contributed by atoms with Crippen molar-refractivity contribution in [3.05, 3.63) is 29.8 Å². The Morgan fingerprint density at radius 2 is 1.83 bits per heavy atom. The lowest BCUT2D eigenvalue weighted by atomic mass is 10.2. The van der Waals surface area contributed by atoms with Crippen molar-refractivity contribution in [2.45, 2.75) is 6.29 Å². The zero-order valence-electron chi connectivity index (χ0n) is 6.69. The van der Waals surface area contributed by atoms with Crippen molar-refractivity contribution in [1.29, 1.82) is 0 Å². The Bertz CT molecular complexity index is 269. The highest BCUT2D eigenvalue weighted by Crippen LogP contribution is 2.27. The average molecular weight is 165 g/mol. The van der Waals surface area contributed by atoms with Crippen molar-refractivity contribution in [3.8, 4) is 0 Å². The number of para-hydroxylation sites is 1. The third-order valence-electron chi connectivity index (χ3n) is 1.87. The van der Waals surface area contributed by atoms with Gasteiger partial charge in [-0.3, -0.25) is 0 Å². The van der Waals surface area contributed by atoms with E-state index in [4.69, 9.17) is 15.2 Å². The van der Waals surface area contributed by atoms with Gasteiger partial charge in [0, 0.05) is 11.3 Å². The van der Waals surface area contributed by atoms with Crippen LogP contribution in [0.5, 0.6) is 0 Å². The van der Waals surface area contributed by atoms with E-state index in [-0.39, 0.29) is 6.29 Å². The molecule has 1 aromatic carbocycles. The van der Waals surface area contributed by atoms with Crippen LogP contribution < -0.4 is 5.73 Å². The van der Waals surface area contributed by atoms with Gasteiger partial charge in [0.1, 0.15) is 0 Å². The molecule has 0 radical (unpaired) electrons. The van der Waals surface area contributed by atoms with Crippen LogP contribution >= 0.6 is 0 Å². The number of nitrogens with two attached hydrogens (primary N) is 1. The van der Waals surface area contributed by atoms with Gasteiger partial charge in [-0.25, -0.2) is 0 Å². The van der Waals surface area contributed by atoms with Crippen LogP contribution in [0.1, 0.15) is 11.9 Å². The first-order chi connectivity index (χ1) is 5.88. The van der Waals surface area contributed by atoms with Crippen molar-refractivity contribution < 1.29 is 9.47 Å². The maximum atomic E-state index is 5.74. The van der Waals surface area contributed by atoms with Crippen LogP contribution in [-0.4, -0.2) is 13.2 Å². The lowest BCUT2D eigenvalue weighted by Gasteiger charge is -2.10. The first-order valence-corrected chi connectivity index (χ1v) is 3.95. The zero-order chi connectivity index (χ0) is 8.39. The van der Waals surface area contributed by atoms with Gasteiger partial charge in [0.15, 0.2) is 6.29 Å². The molecule has 0 bridgehead atoms. The van der Waals surface area contributed by atoms with E-state index in [2.05, 4.69) is 0 Å². The lowest BCUT2D eigenvalue weighted by Crippen LogP contribution is -2.02. The Morgan fingerprint density at radius 3 is 2.50 bits per heavy atom. The highest BCUT2D eigenvalue weighted by molar-refractivity contribution is 5.47. The van der Waals surface area contributed by atoms with Crippen LogP contribution in [0.3, 0.4) is 0 Å². The van der Waals surface area contributed by atoms with Gasteiger partial charge in [-0.2, -0.15) is 0 Å². The topological polar surface area (TPSA) is 44.5 Å². The van der Waals surface area contributed by atoms with E-state index >= 15 is 0 Å². The summed E-state index contributed by atoms with van der Waals surface area (Å²) in [6.45, 7) is 1.30. The van der Waals surface area contributed by atoms with Crippen molar-refractivity contribution in [3.63, 3.8) is 0 Å². The Morgan fingerprint density at radius 1 is 1.17 bits per heavy atom. The molecule has 1 aliphatic heterocycles. The number of hydrogen-bond acceptors (Lipinski definition) is 3. The first-order valence-electron chi connectivity index (χ1n) is 3.95. The van der Waals surface area contributed by atoms with E-state index in [0.29, 0.717) is 13.2 Å². The summed E-state index contributed by atoms with van der Waals surface area (Å²) in [5.41, 5.74) is 7.39. The van der Waals surface area contributed by atoms with Crippen molar-refractivity contribution in [2.75, 3.05) is 18.9 Å². The Kier molecular flexibility index (Phi) is 1.98. The zero-order valence-corrected chi connectivity index (χ0v) is 6.69. The van der Waals surface area contributed by atoms with E-state index < -0.39 is 0 Å². The maximum Gasteiger partial charge on any atom is 0.186 e. The summed E-state index contributed by atoms with van der Waals surface area (Å²) < 4.78 is 10.6. The largest absolute Gasteiger partial charge is 0.398 e. The Labute approximate surface area is 71.1 Å². The molecule has 64 valence electrons. The molecule has 1 aromatic rings. The van der Waals surface area contributed by atoms with Gasteiger partial charge >= 0.3 is 0 Å². The van der Waals surface area contributed by atoms with E-state index in [1.807, 2.05) is 24.3 Å². The number of nitrogen functional groups attached to an aromatic ring is 1. The average Bonchev–Trinajstić information content (AvgIpc) is 2.57. The van der Waals surface area contributed by atoms with E-state index in [0.717, 1.165) is 11.3 Å². The number of ether oxygens (including phenoxy) is 2. The minimum absolute atomic E-state index is 0.258. The first kappa shape index (κ1) is 7.58. The summed E-state index contributed by atoms with van der Waals surface area (Å²) in [6, 6.07) is 7.59. The number of benzene rings is 1. The maximum absolute atomic E-state index is 5.74. The molecule has 1 fully saturated rings. The standard InChI is InChI=1S/C9H11NO2/c10-8-4-2-1-3-7(8)9-11-5-6-12-9/h1-4,9H,5-6,10H2. The van der Waals surface area contributed by atoms with E-state index in [1.54, 1.807) is 0 Å². The second kappa shape index (κ2) is 3.13. The molecule has 0 saturated carbocycles. The second-order valence-corrected chi connectivity index (χ2v) is 2.70. The molecular formula is C9H11NO2. The SMILES string of the molecule is Nc1ccccc1C1OCCO1. The van der Waals surface area contributed by atoms with Gasteiger partial charge in [-0.1, -0.05) is 18.2 Å². The van der Waals surface area contributed by atoms with Gasteiger partial charge < -0.3 is 15.2 Å². The minimum Gasteiger partial charge on any atom is -0.398 e. The molecule has 2 N–H and O–H groups in total. The Hall–Kier alpha value is -1.06. The molecule has 0 amide bonds. The summed E-state index contributed by atoms with van der Waals surface area (Å²) in [5, 5.41) is 0. The summed E-state index contributed by atoms with van der Waals surface area (Å²) in [7, 11) is 0. The predicted molar refractivity (Wildman–Crippen MR) is 45.5 cm³/mol. The van der Waals surface area contributed by atoms with Crippen molar-refractivity contribution >= 4 is 5.69 Å². The highest BCUT2D eigenvalue weighted by Gasteiger charge is 2.19. The molecule has 0 unspecified atom stereocenters. The molecule has 3 nitrogen and oxygen atoms in total. The molecule has 1 heterocycles. The minimum atomic E-state index is -0.258. The smallest absolute Gasteiger partial charge is 0.186 e. The van der Waals surface area contributed by atoms with E-state index in [1.165, 1.54) is 0 Å². The van der Waals surface area contributed by atoms with Gasteiger partial charge in [0.25, 0.3) is 0 Å². The number of hydrogen-bond donors (Lipinski definition) is 1. The molecule has 0 aromatic heterocycles. The van der Waals surface area contributed by atoms with Crippen LogP contribution in [0.25, 0.3) is 0 Å². The van der Waals surface area contributed by atoms with Crippen molar-refractivity contribution in [2.24, 2.45) is 0 Å². The van der Waals surface area contributed by atoms with Gasteiger partial charge in [0.05, 0.1) is 13.2 Å². The van der Waals surface area contributed by atoms with Gasteiger partial charge in [0.2, 0.25) is 0 Å². The van der Waals surface area contributed by atoms with Gasteiger partial charge in [-0.05, 0) is 6.07 Å². The highest BCUT2D eigenvalue weighted by atomic mass is 16.7. The fourth-order valence-corrected chi connectivity index (χ4v) is 1.26. The molecule has 0 atom stereocenters. The molecule has 2 rings (SSSR count). The summed E-state index contributed by atoms with van der Waals surface area (Å²) in [5.74, 6) is 0. The number of rotatable bonds is 1. The summed E-state index contributed by atoms with van der Waals surface area (Å²) in [6.07, 6.45) is -0.258. The third kappa shape index (κ3) is 1.29. The summed E-state index contributed by atoms with van der Waals surface area (Å²) in [4.78, 5) is 0. The molecule has 3 heteroatoms. The Balaban J connectivity index is 2.26. The molecule has 1 saturated heterocycles. The van der Waals surface area contributed by atoms with Crippen LogP contribution in [0.4, 0.5) is 5.69 Å². The number of anilines is 1. The van der Waals surface area contributed by atoms with Crippen LogP contribution in [0, 0.1) is 0 Å². The van der Waals surface area contributed by atoms with Crippen molar-refractivity contribution in [1.82, 2.24) is 0 Å². The van der Waals surface area contributed by atoms with Gasteiger partial charge in [-0.15, -0.1) is 0 Å². The molecule has 12 heavy (non-hydrogen) atoms.